The number of hydrogen-bond donors (Lipinski definition) is 4. The highest BCUT2D eigenvalue weighted by Gasteiger charge is 2.52. The van der Waals surface area contributed by atoms with Crippen LogP contribution in [-0.4, -0.2) is 86.9 Å². The second kappa shape index (κ2) is 24.3. The molecule has 4 N–H and O–H groups in total. The number of likely N-dealkylation sites (tertiary alicyclic amines) is 1. The van der Waals surface area contributed by atoms with Crippen LogP contribution in [-0.2, 0) is 24.0 Å². The molecule has 0 bridgehead atoms. The highest BCUT2D eigenvalue weighted by atomic mass is 32.1. The van der Waals surface area contributed by atoms with Gasteiger partial charge >= 0.3 is 0 Å². The molecule has 2 heterocycles. The first-order valence-electron chi connectivity index (χ1n) is 18.2. The number of carbonyl (C=O) groups is 6. The van der Waals surface area contributed by atoms with Crippen LogP contribution in [0.2, 0.25) is 0 Å². The fraction of sp³-hybridized carbons (Fsp3) is 0.737. The van der Waals surface area contributed by atoms with Crippen LogP contribution >= 0.6 is 54.0 Å². The minimum Gasteiger partial charge on any atom is -0.347 e. The maximum Gasteiger partial charge on any atom is 0.289 e. The molecule has 5 rings (SSSR count). The molecule has 3 aliphatic carbocycles. The number of hydrogen-bond acceptors (Lipinski definition) is 8. The van der Waals surface area contributed by atoms with E-state index in [0.29, 0.717) is 19.4 Å². The molecule has 55 heavy (non-hydrogen) atoms. The zero-order valence-corrected chi connectivity index (χ0v) is 35.3. The predicted molar refractivity (Wildman–Crippen MR) is 236 cm³/mol. The lowest BCUT2D eigenvalue weighted by Crippen LogP contribution is -2.62. The standard InChI is InChI=1S/C36H53N7O6.2CH4.4H2S/c1-5-10-25(29(44)34(48)39-23-15-16-23)40-33(47)28-24-14-9-13-22(24)20-43(28)35(49)30(36(2,3)4)42-32(46)27(21-11-7-6-8-12-21)41-31(45)26-19-37-17-18-38-26;;;;;;/h17-19,21-25,27-28,30H,5-16,20H2,1-4H3,(H,39,48)(H,40,47)(H,41,45)(H,42,46);2*1H4;4*1H2/t22-,24-,25-,27+,28+,30-;;;;;;/m1....../s1. The number of fused-ring (bicyclic) bond motifs is 1. The summed E-state index contributed by atoms with van der Waals surface area (Å²) in [5.74, 6) is -3.20. The van der Waals surface area contributed by atoms with Crippen LogP contribution in [0.1, 0.15) is 130 Å². The summed E-state index contributed by atoms with van der Waals surface area (Å²) in [6, 6.07) is -3.68. The molecule has 1 aromatic heterocycles. The molecule has 6 atom stereocenters. The van der Waals surface area contributed by atoms with E-state index < -0.39 is 59.0 Å². The van der Waals surface area contributed by atoms with E-state index in [1.807, 2.05) is 27.7 Å². The summed E-state index contributed by atoms with van der Waals surface area (Å²) in [7, 11) is 0. The molecular formula is C38H69N7O6S4. The second-order valence-corrected chi connectivity index (χ2v) is 15.5. The van der Waals surface area contributed by atoms with Gasteiger partial charge < -0.3 is 26.2 Å². The Morgan fingerprint density at radius 3 is 2.05 bits per heavy atom. The first-order valence-corrected chi connectivity index (χ1v) is 18.2. The van der Waals surface area contributed by atoms with Crippen LogP contribution in [0, 0.1) is 23.2 Å². The molecule has 0 spiro atoms. The molecule has 3 saturated carbocycles. The van der Waals surface area contributed by atoms with E-state index in [1.54, 1.807) is 4.90 Å². The average Bonchev–Trinajstić information content (AvgIpc) is 3.65. The summed E-state index contributed by atoms with van der Waals surface area (Å²) < 4.78 is 0. The van der Waals surface area contributed by atoms with Gasteiger partial charge in [-0.1, -0.05) is 74.7 Å². The molecule has 0 radical (unpaired) electrons. The smallest absolute Gasteiger partial charge is 0.289 e. The Morgan fingerprint density at radius 1 is 0.836 bits per heavy atom. The molecule has 13 nitrogen and oxygen atoms in total. The Morgan fingerprint density at radius 2 is 1.49 bits per heavy atom. The molecule has 17 heteroatoms. The van der Waals surface area contributed by atoms with Crippen molar-refractivity contribution in [3.63, 3.8) is 0 Å². The van der Waals surface area contributed by atoms with Gasteiger partial charge in [0.25, 0.3) is 11.8 Å². The number of carbonyl (C=O) groups excluding carboxylic acids is 6. The second-order valence-electron chi connectivity index (χ2n) is 15.5. The van der Waals surface area contributed by atoms with Crippen molar-refractivity contribution in [3.8, 4) is 0 Å². The minimum atomic E-state index is -0.994. The van der Waals surface area contributed by atoms with Crippen molar-refractivity contribution in [1.29, 1.82) is 0 Å². The van der Waals surface area contributed by atoms with Gasteiger partial charge in [0, 0.05) is 25.0 Å². The summed E-state index contributed by atoms with van der Waals surface area (Å²) in [6.07, 6.45) is 13.9. The Labute approximate surface area is 356 Å². The maximum atomic E-state index is 14.6. The monoisotopic (exact) mass is 847 g/mol. The average molecular weight is 848 g/mol. The normalized spacial score (nSPS) is 21.6. The van der Waals surface area contributed by atoms with E-state index in [-0.39, 0.29) is 104 Å². The Bertz CT molecular complexity index is 1410. The highest BCUT2D eigenvalue weighted by Crippen LogP contribution is 2.43. The quantitative estimate of drug-likeness (QED) is 0.214. The molecule has 5 amide bonds. The van der Waals surface area contributed by atoms with E-state index >= 15 is 0 Å². The van der Waals surface area contributed by atoms with Gasteiger partial charge in [-0.05, 0) is 68.1 Å². The van der Waals surface area contributed by atoms with E-state index in [1.165, 1.54) is 18.6 Å². The maximum absolute atomic E-state index is 14.6. The Hall–Kier alpha value is -2.50. The third-order valence-corrected chi connectivity index (χ3v) is 10.7. The first kappa shape index (κ1) is 54.6. The van der Waals surface area contributed by atoms with Gasteiger partial charge in [0.05, 0.1) is 12.2 Å². The van der Waals surface area contributed by atoms with Gasteiger partial charge in [-0.3, -0.25) is 33.8 Å². The van der Waals surface area contributed by atoms with Gasteiger partial charge in [0.2, 0.25) is 23.5 Å². The van der Waals surface area contributed by atoms with Crippen LogP contribution in [0.15, 0.2) is 18.6 Å². The topological polar surface area (TPSA) is 180 Å². The summed E-state index contributed by atoms with van der Waals surface area (Å²) >= 11 is 0. The Kier molecular flexibility index (Phi) is 24.1. The molecule has 1 aliphatic heterocycles. The third kappa shape index (κ3) is 13.8. The van der Waals surface area contributed by atoms with Crippen LogP contribution < -0.4 is 21.3 Å². The largest absolute Gasteiger partial charge is 0.347 e. The fourth-order valence-electron chi connectivity index (χ4n) is 7.87. The lowest BCUT2D eigenvalue weighted by atomic mass is 9.82. The van der Waals surface area contributed by atoms with Gasteiger partial charge in [-0.2, -0.15) is 54.0 Å². The van der Waals surface area contributed by atoms with E-state index in [9.17, 15) is 28.8 Å². The lowest BCUT2D eigenvalue weighted by Gasteiger charge is -2.38. The summed E-state index contributed by atoms with van der Waals surface area (Å²) in [6.45, 7) is 7.85. The number of Topliss-reactive ketones (excluding diaryl/α,β-unsaturated/α-hetero) is 1. The summed E-state index contributed by atoms with van der Waals surface area (Å²) in [5, 5.41) is 11.5. The van der Waals surface area contributed by atoms with Crippen molar-refractivity contribution in [2.24, 2.45) is 23.2 Å². The predicted octanol–water partition coefficient (Wildman–Crippen LogP) is 4.17. The van der Waals surface area contributed by atoms with E-state index in [0.717, 1.165) is 64.2 Å². The zero-order valence-electron chi connectivity index (χ0n) is 31.3. The fourth-order valence-corrected chi connectivity index (χ4v) is 7.87. The van der Waals surface area contributed by atoms with Crippen molar-refractivity contribution in [2.75, 3.05) is 6.54 Å². The molecule has 0 aromatic carbocycles. The number of nitrogens with zero attached hydrogens (tertiary/aromatic N) is 3. The molecule has 4 fully saturated rings. The number of amides is 5. The van der Waals surface area contributed by atoms with Gasteiger partial charge in [-0.25, -0.2) is 4.98 Å². The number of nitrogens with one attached hydrogen (secondary N) is 4. The molecular weight excluding hydrogens is 779 g/mol. The summed E-state index contributed by atoms with van der Waals surface area (Å²) in [5.41, 5.74) is -0.638. The number of rotatable bonds is 13. The van der Waals surface area contributed by atoms with Crippen molar-refractivity contribution in [1.82, 2.24) is 36.1 Å². The third-order valence-electron chi connectivity index (χ3n) is 10.7. The van der Waals surface area contributed by atoms with Crippen LogP contribution in [0.25, 0.3) is 0 Å². The molecule has 0 unspecified atom stereocenters. The SMILES string of the molecule is C.C.CCC[C@@H](NC(=O)[C@@H]1[C@@H]2CCC[C@@H]2CN1C(=O)[C@@H](NC(=O)[C@@H](NC(=O)c1cnccn1)C1CCCCC1)C(C)(C)C)C(=O)C(=O)NC1CC1.S.S.S.S. The van der Waals surface area contributed by atoms with Crippen molar-refractivity contribution in [2.45, 2.75) is 150 Å². The van der Waals surface area contributed by atoms with Gasteiger partial charge in [-0.15, -0.1) is 0 Å². The van der Waals surface area contributed by atoms with Gasteiger partial charge in [0.15, 0.2) is 0 Å². The lowest BCUT2D eigenvalue weighted by molar-refractivity contribution is -0.146. The molecule has 4 aliphatic rings. The van der Waals surface area contributed by atoms with Crippen LogP contribution in [0.5, 0.6) is 0 Å². The number of aromatic nitrogens is 2. The van der Waals surface area contributed by atoms with E-state index in [2.05, 4.69) is 31.2 Å². The Balaban J connectivity index is 0. The van der Waals surface area contributed by atoms with Crippen LogP contribution in [0.3, 0.4) is 0 Å². The molecule has 1 aromatic rings. The van der Waals surface area contributed by atoms with Crippen LogP contribution in [0.4, 0.5) is 0 Å². The molecule has 1 saturated heterocycles. The zero-order chi connectivity index (χ0) is 35.3. The summed E-state index contributed by atoms with van der Waals surface area (Å²) in [4.78, 5) is 91.4. The van der Waals surface area contributed by atoms with Crippen molar-refractivity contribution < 1.29 is 28.8 Å². The minimum absolute atomic E-state index is 0. The van der Waals surface area contributed by atoms with E-state index in [4.69, 9.17) is 0 Å². The van der Waals surface area contributed by atoms with Crippen molar-refractivity contribution in [3.05, 3.63) is 24.3 Å². The van der Waals surface area contributed by atoms with Gasteiger partial charge in [0.1, 0.15) is 23.8 Å². The first-order chi connectivity index (χ1) is 23.4. The number of ketones is 1. The highest BCUT2D eigenvalue weighted by molar-refractivity contribution is 7.59. The van der Waals surface area contributed by atoms with Crippen molar-refractivity contribution >= 4 is 89.3 Å². The molecule has 316 valence electrons.